The number of aryl methyl sites for hydroxylation is 1. The van der Waals surface area contributed by atoms with Gasteiger partial charge in [0.05, 0.1) is 25.0 Å². The molecular formula is C18H16ClN3O3S. The van der Waals surface area contributed by atoms with Gasteiger partial charge in [-0.2, -0.15) is 0 Å². The summed E-state index contributed by atoms with van der Waals surface area (Å²) in [4.78, 5) is 29.1. The number of halogens is 1. The lowest BCUT2D eigenvalue weighted by Gasteiger charge is -2.05. The molecule has 0 aliphatic heterocycles. The Hall–Kier alpha value is -2.64. The quantitative estimate of drug-likeness (QED) is 0.676. The number of carbonyl (C=O) groups excluding carboxylic acids is 2. The van der Waals surface area contributed by atoms with Crippen molar-refractivity contribution >= 4 is 34.8 Å². The number of benzene rings is 1. The van der Waals surface area contributed by atoms with E-state index in [-0.39, 0.29) is 24.9 Å². The molecule has 8 heteroatoms. The second-order valence-corrected chi connectivity index (χ2v) is 6.91. The van der Waals surface area contributed by atoms with E-state index < -0.39 is 0 Å². The first-order valence-corrected chi connectivity index (χ1v) is 9.03. The Morgan fingerprint density at radius 1 is 1.19 bits per heavy atom. The standard InChI is InChI=1S/C18H16ClN3O3S/c1-11-16(26-18(22-11)12-4-6-13(19)7-5-12)17(24)21-10-15(23)20-9-14-3-2-8-25-14/h2-8H,9-10H2,1H3,(H,20,23)(H,21,24). The van der Waals surface area contributed by atoms with Crippen molar-refractivity contribution in [3.05, 3.63) is 64.0 Å². The Labute approximate surface area is 159 Å². The van der Waals surface area contributed by atoms with Gasteiger partial charge < -0.3 is 15.1 Å². The number of amides is 2. The second kappa shape index (κ2) is 8.16. The average molecular weight is 390 g/mol. The maximum absolute atomic E-state index is 12.3. The lowest BCUT2D eigenvalue weighted by atomic mass is 10.2. The van der Waals surface area contributed by atoms with Crippen molar-refractivity contribution in [1.82, 2.24) is 15.6 Å². The van der Waals surface area contributed by atoms with Crippen LogP contribution in [0.4, 0.5) is 0 Å². The highest BCUT2D eigenvalue weighted by atomic mass is 35.5. The minimum atomic E-state index is -0.326. The number of aromatic nitrogens is 1. The number of nitrogens with one attached hydrogen (secondary N) is 2. The normalized spacial score (nSPS) is 10.5. The molecule has 0 unspecified atom stereocenters. The third-order valence-corrected chi connectivity index (χ3v) is 5.00. The van der Waals surface area contributed by atoms with Gasteiger partial charge in [0.25, 0.3) is 5.91 Å². The molecule has 2 aromatic heterocycles. The van der Waals surface area contributed by atoms with Crippen molar-refractivity contribution in [2.75, 3.05) is 6.54 Å². The summed E-state index contributed by atoms with van der Waals surface area (Å²) in [6.45, 7) is 1.93. The zero-order valence-electron chi connectivity index (χ0n) is 13.9. The van der Waals surface area contributed by atoms with E-state index in [4.69, 9.17) is 16.0 Å². The SMILES string of the molecule is Cc1nc(-c2ccc(Cl)cc2)sc1C(=O)NCC(=O)NCc1ccco1. The Balaban J connectivity index is 1.57. The summed E-state index contributed by atoms with van der Waals surface area (Å²) in [6.07, 6.45) is 1.54. The Kier molecular flexibility index (Phi) is 5.70. The van der Waals surface area contributed by atoms with Crippen LogP contribution in [0, 0.1) is 6.92 Å². The van der Waals surface area contributed by atoms with Crippen LogP contribution in [0.25, 0.3) is 10.6 Å². The lowest BCUT2D eigenvalue weighted by molar-refractivity contribution is -0.120. The van der Waals surface area contributed by atoms with Crippen LogP contribution < -0.4 is 10.6 Å². The molecule has 2 heterocycles. The molecule has 0 aliphatic carbocycles. The van der Waals surface area contributed by atoms with Gasteiger partial charge in [0, 0.05) is 10.6 Å². The third-order valence-electron chi connectivity index (χ3n) is 3.54. The van der Waals surface area contributed by atoms with Gasteiger partial charge in [0.2, 0.25) is 5.91 Å². The number of hydrogen-bond donors (Lipinski definition) is 2. The highest BCUT2D eigenvalue weighted by molar-refractivity contribution is 7.17. The molecule has 0 fully saturated rings. The first kappa shape index (κ1) is 18.2. The van der Waals surface area contributed by atoms with E-state index >= 15 is 0 Å². The minimum Gasteiger partial charge on any atom is -0.467 e. The monoisotopic (exact) mass is 389 g/mol. The third kappa shape index (κ3) is 4.50. The van der Waals surface area contributed by atoms with E-state index in [0.717, 1.165) is 10.6 Å². The molecule has 3 rings (SSSR count). The van der Waals surface area contributed by atoms with Gasteiger partial charge in [0.15, 0.2) is 0 Å². The summed E-state index contributed by atoms with van der Waals surface area (Å²) >= 11 is 7.17. The van der Waals surface area contributed by atoms with Gasteiger partial charge in [-0.3, -0.25) is 9.59 Å². The van der Waals surface area contributed by atoms with Gasteiger partial charge in [-0.05, 0) is 31.2 Å². The zero-order chi connectivity index (χ0) is 18.5. The molecule has 6 nitrogen and oxygen atoms in total. The maximum Gasteiger partial charge on any atom is 0.263 e. The van der Waals surface area contributed by atoms with Crippen LogP contribution in [0.1, 0.15) is 21.1 Å². The number of rotatable bonds is 6. The van der Waals surface area contributed by atoms with E-state index in [0.29, 0.717) is 21.4 Å². The van der Waals surface area contributed by atoms with E-state index in [1.54, 1.807) is 31.2 Å². The van der Waals surface area contributed by atoms with Crippen molar-refractivity contribution in [3.8, 4) is 10.6 Å². The largest absolute Gasteiger partial charge is 0.467 e. The first-order chi connectivity index (χ1) is 12.5. The van der Waals surface area contributed by atoms with Crippen molar-refractivity contribution < 1.29 is 14.0 Å². The fourth-order valence-electron chi connectivity index (χ4n) is 2.23. The average Bonchev–Trinajstić information content (AvgIpc) is 3.28. The summed E-state index contributed by atoms with van der Waals surface area (Å²) in [5.74, 6) is 0.0267. The minimum absolute atomic E-state index is 0.118. The van der Waals surface area contributed by atoms with E-state index in [1.165, 1.54) is 17.6 Å². The van der Waals surface area contributed by atoms with Gasteiger partial charge in [-0.25, -0.2) is 4.98 Å². The number of carbonyl (C=O) groups is 2. The highest BCUT2D eigenvalue weighted by Crippen LogP contribution is 2.28. The van der Waals surface area contributed by atoms with E-state index in [9.17, 15) is 9.59 Å². The number of nitrogens with zero attached hydrogens (tertiary/aromatic N) is 1. The van der Waals surface area contributed by atoms with Crippen LogP contribution in [0.5, 0.6) is 0 Å². The molecule has 0 radical (unpaired) electrons. The lowest BCUT2D eigenvalue weighted by Crippen LogP contribution is -2.36. The number of furan rings is 1. The molecule has 2 amide bonds. The maximum atomic E-state index is 12.3. The van der Waals surface area contributed by atoms with Crippen molar-refractivity contribution in [2.45, 2.75) is 13.5 Å². The summed E-state index contributed by atoms with van der Waals surface area (Å²) < 4.78 is 5.13. The van der Waals surface area contributed by atoms with Crippen LogP contribution in [-0.2, 0) is 11.3 Å². The van der Waals surface area contributed by atoms with Gasteiger partial charge in [-0.15, -0.1) is 11.3 Å². The summed E-state index contributed by atoms with van der Waals surface area (Å²) in [5, 5.41) is 6.65. The Morgan fingerprint density at radius 2 is 1.96 bits per heavy atom. The van der Waals surface area contributed by atoms with Crippen molar-refractivity contribution in [3.63, 3.8) is 0 Å². The Bertz CT molecular complexity index is 904. The highest BCUT2D eigenvalue weighted by Gasteiger charge is 2.17. The molecule has 134 valence electrons. The molecule has 1 aromatic carbocycles. The van der Waals surface area contributed by atoms with Gasteiger partial charge in [0.1, 0.15) is 15.6 Å². The zero-order valence-corrected chi connectivity index (χ0v) is 15.5. The molecule has 26 heavy (non-hydrogen) atoms. The van der Waals surface area contributed by atoms with Gasteiger partial charge in [-0.1, -0.05) is 23.7 Å². The van der Waals surface area contributed by atoms with Crippen molar-refractivity contribution in [2.24, 2.45) is 0 Å². The molecule has 0 atom stereocenters. The predicted molar refractivity (Wildman–Crippen MR) is 100 cm³/mol. The summed E-state index contributed by atoms with van der Waals surface area (Å²) in [6, 6.07) is 10.8. The van der Waals surface area contributed by atoms with Crippen LogP contribution >= 0.6 is 22.9 Å². The number of thiazole rings is 1. The smallest absolute Gasteiger partial charge is 0.263 e. The van der Waals surface area contributed by atoms with E-state index in [1.807, 2.05) is 12.1 Å². The van der Waals surface area contributed by atoms with E-state index in [2.05, 4.69) is 15.6 Å². The van der Waals surface area contributed by atoms with Crippen molar-refractivity contribution in [1.29, 1.82) is 0 Å². The Morgan fingerprint density at radius 3 is 2.65 bits per heavy atom. The molecule has 2 N–H and O–H groups in total. The molecule has 0 spiro atoms. The molecule has 3 aromatic rings. The first-order valence-electron chi connectivity index (χ1n) is 7.83. The topological polar surface area (TPSA) is 84.2 Å². The van der Waals surface area contributed by atoms with Gasteiger partial charge >= 0.3 is 0 Å². The van der Waals surface area contributed by atoms with Crippen LogP contribution in [0.15, 0.2) is 47.1 Å². The molecule has 0 saturated heterocycles. The fourth-order valence-corrected chi connectivity index (χ4v) is 3.34. The molecular weight excluding hydrogens is 374 g/mol. The second-order valence-electron chi connectivity index (χ2n) is 5.48. The van der Waals surface area contributed by atoms with Crippen LogP contribution in [-0.4, -0.2) is 23.3 Å². The molecule has 0 aliphatic rings. The van der Waals surface area contributed by atoms with Crippen LogP contribution in [0.2, 0.25) is 5.02 Å². The summed E-state index contributed by atoms with van der Waals surface area (Å²) in [5.41, 5.74) is 1.51. The fraction of sp³-hybridized carbons (Fsp3) is 0.167. The molecule has 0 saturated carbocycles. The van der Waals surface area contributed by atoms with Crippen LogP contribution in [0.3, 0.4) is 0 Å². The number of hydrogen-bond acceptors (Lipinski definition) is 5. The predicted octanol–water partition coefficient (Wildman–Crippen LogP) is 3.41. The summed E-state index contributed by atoms with van der Waals surface area (Å²) in [7, 11) is 0. The molecule has 0 bridgehead atoms.